The largest absolute Gasteiger partial charge is 0.493 e. The second kappa shape index (κ2) is 8.89. The summed E-state index contributed by atoms with van der Waals surface area (Å²) in [5.74, 6) is 1.50. The van der Waals surface area contributed by atoms with Gasteiger partial charge in [-0.15, -0.1) is 0 Å². The molecule has 3 rings (SSSR count). The molecule has 0 atom stereocenters. The number of nitrogens with one attached hydrogen (secondary N) is 1. The van der Waals surface area contributed by atoms with E-state index in [9.17, 15) is 4.79 Å². The first kappa shape index (κ1) is 18.5. The first-order valence-corrected chi connectivity index (χ1v) is 8.69. The van der Waals surface area contributed by atoms with Gasteiger partial charge in [0, 0.05) is 18.5 Å². The summed E-state index contributed by atoms with van der Waals surface area (Å²) in [4.78, 5) is 16.4. The van der Waals surface area contributed by atoms with Crippen LogP contribution in [0.3, 0.4) is 0 Å². The summed E-state index contributed by atoms with van der Waals surface area (Å²) in [6, 6.07) is 15.2. The third-order valence-corrected chi connectivity index (χ3v) is 3.98. The van der Waals surface area contributed by atoms with Crippen LogP contribution in [0.5, 0.6) is 11.5 Å². The molecular weight excluding hydrogens is 344 g/mol. The zero-order valence-corrected chi connectivity index (χ0v) is 15.4. The molecule has 0 bridgehead atoms. The van der Waals surface area contributed by atoms with Crippen molar-refractivity contribution in [2.24, 2.45) is 0 Å². The van der Waals surface area contributed by atoms with Crippen molar-refractivity contribution in [3.63, 3.8) is 0 Å². The number of benzene rings is 2. The fraction of sp³-hybridized carbons (Fsp3) is 0.238. The lowest BCUT2D eigenvalue weighted by molar-refractivity contribution is -0.123. The van der Waals surface area contributed by atoms with E-state index >= 15 is 0 Å². The molecule has 0 aliphatic carbocycles. The average molecular weight is 366 g/mol. The standard InChI is InChI=1S/C21H22N2O4/c1-15-7-9-16(10-8-15)21-23-17(13-27-21)11-12-22-20(24)14-26-19-6-4-3-5-18(19)25-2/h3-10,13H,11-12,14H2,1-2H3,(H,22,24). The number of hydrogen-bond donors (Lipinski definition) is 1. The molecule has 0 saturated heterocycles. The van der Waals surface area contributed by atoms with Crippen molar-refractivity contribution >= 4 is 5.91 Å². The minimum Gasteiger partial charge on any atom is -0.493 e. The van der Waals surface area contributed by atoms with Crippen LogP contribution in [0.2, 0.25) is 0 Å². The van der Waals surface area contributed by atoms with Gasteiger partial charge in [0.2, 0.25) is 5.89 Å². The summed E-state index contributed by atoms with van der Waals surface area (Å²) in [7, 11) is 1.56. The summed E-state index contributed by atoms with van der Waals surface area (Å²) < 4.78 is 16.2. The monoisotopic (exact) mass is 366 g/mol. The lowest BCUT2D eigenvalue weighted by Gasteiger charge is -2.10. The number of carbonyl (C=O) groups excluding carboxylic acids is 1. The number of aryl methyl sites for hydroxylation is 1. The maximum atomic E-state index is 11.9. The van der Waals surface area contributed by atoms with Gasteiger partial charge in [0.25, 0.3) is 5.91 Å². The van der Waals surface area contributed by atoms with Gasteiger partial charge in [-0.25, -0.2) is 4.98 Å². The number of amides is 1. The molecule has 1 N–H and O–H groups in total. The van der Waals surface area contributed by atoms with Gasteiger partial charge in [0.1, 0.15) is 6.26 Å². The number of rotatable bonds is 8. The first-order chi connectivity index (χ1) is 13.2. The van der Waals surface area contributed by atoms with Crippen LogP contribution in [0.25, 0.3) is 11.5 Å². The van der Waals surface area contributed by atoms with Gasteiger partial charge in [-0.3, -0.25) is 4.79 Å². The molecule has 140 valence electrons. The minimum absolute atomic E-state index is 0.0756. The molecule has 27 heavy (non-hydrogen) atoms. The Bertz CT molecular complexity index is 887. The van der Waals surface area contributed by atoms with Crippen LogP contribution in [0.15, 0.2) is 59.2 Å². The molecule has 1 aromatic heterocycles. The lowest BCUT2D eigenvalue weighted by Crippen LogP contribution is -2.30. The Hall–Kier alpha value is -3.28. The molecule has 2 aromatic carbocycles. The van der Waals surface area contributed by atoms with Crippen LogP contribution in [-0.4, -0.2) is 31.2 Å². The van der Waals surface area contributed by atoms with E-state index in [1.165, 1.54) is 5.56 Å². The Labute approximate surface area is 158 Å². The van der Waals surface area contributed by atoms with Crippen molar-refractivity contribution in [1.82, 2.24) is 10.3 Å². The van der Waals surface area contributed by atoms with Gasteiger partial charge < -0.3 is 19.2 Å². The Morgan fingerprint density at radius 1 is 1.11 bits per heavy atom. The second-order valence-electron chi connectivity index (χ2n) is 6.05. The zero-order valence-electron chi connectivity index (χ0n) is 15.4. The Morgan fingerprint density at radius 3 is 2.59 bits per heavy atom. The molecule has 3 aromatic rings. The van der Waals surface area contributed by atoms with Gasteiger partial charge in [-0.2, -0.15) is 0 Å². The summed E-state index contributed by atoms with van der Waals surface area (Å²) in [6.45, 7) is 2.41. The van der Waals surface area contributed by atoms with Crippen molar-refractivity contribution in [3.8, 4) is 23.0 Å². The van der Waals surface area contributed by atoms with Crippen molar-refractivity contribution in [1.29, 1.82) is 0 Å². The number of ether oxygens (including phenoxy) is 2. The number of oxazole rings is 1. The molecule has 0 unspecified atom stereocenters. The van der Waals surface area contributed by atoms with Gasteiger partial charge in [0.05, 0.1) is 12.8 Å². The van der Waals surface area contributed by atoms with Crippen LogP contribution in [0.4, 0.5) is 0 Å². The van der Waals surface area contributed by atoms with Crippen LogP contribution >= 0.6 is 0 Å². The highest BCUT2D eigenvalue weighted by Crippen LogP contribution is 2.25. The highest BCUT2D eigenvalue weighted by atomic mass is 16.5. The molecule has 0 aliphatic rings. The van der Waals surface area contributed by atoms with E-state index in [1.54, 1.807) is 25.5 Å². The van der Waals surface area contributed by atoms with E-state index in [0.717, 1.165) is 11.3 Å². The minimum atomic E-state index is -0.205. The number of para-hydroxylation sites is 2. The van der Waals surface area contributed by atoms with Crippen LogP contribution in [-0.2, 0) is 11.2 Å². The summed E-state index contributed by atoms with van der Waals surface area (Å²) in [5, 5.41) is 2.81. The molecule has 0 radical (unpaired) electrons. The summed E-state index contributed by atoms with van der Waals surface area (Å²) in [6.07, 6.45) is 2.20. The van der Waals surface area contributed by atoms with E-state index in [2.05, 4.69) is 10.3 Å². The summed E-state index contributed by atoms with van der Waals surface area (Å²) in [5.41, 5.74) is 2.90. The number of hydrogen-bond acceptors (Lipinski definition) is 5. The molecule has 0 saturated carbocycles. The van der Waals surface area contributed by atoms with E-state index in [1.807, 2.05) is 43.3 Å². The van der Waals surface area contributed by atoms with Gasteiger partial charge in [-0.05, 0) is 31.2 Å². The van der Waals surface area contributed by atoms with E-state index in [4.69, 9.17) is 13.9 Å². The first-order valence-electron chi connectivity index (χ1n) is 8.69. The van der Waals surface area contributed by atoms with Crippen LogP contribution in [0.1, 0.15) is 11.3 Å². The van der Waals surface area contributed by atoms with Gasteiger partial charge in [0.15, 0.2) is 18.1 Å². The van der Waals surface area contributed by atoms with E-state index in [-0.39, 0.29) is 12.5 Å². The maximum absolute atomic E-state index is 11.9. The quantitative estimate of drug-likeness (QED) is 0.661. The van der Waals surface area contributed by atoms with E-state index in [0.29, 0.717) is 30.4 Å². The number of carbonyl (C=O) groups is 1. The smallest absolute Gasteiger partial charge is 0.257 e. The lowest BCUT2D eigenvalue weighted by atomic mass is 10.1. The molecule has 1 heterocycles. The zero-order chi connectivity index (χ0) is 19.1. The fourth-order valence-electron chi connectivity index (χ4n) is 2.51. The molecule has 0 aliphatic heterocycles. The summed E-state index contributed by atoms with van der Waals surface area (Å²) >= 11 is 0. The topological polar surface area (TPSA) is 73.6 Å². The predicted octanol–water partition coefficient (Wildman–Crippen LogP) is 3.40. The molecule has 6 nitrogen and oxygen atoms in total. The molecule has 0 spiro atoms. The Kier molecular flexibility index (Phi) is 6.10. The van der Waals surface area contributed by atoms with Crippen molar-refractivity contribution in [3.05, 3.63) is 66.1 Å². The highest BCUT2D eigenvalue weighted by molar-refractivity contribution is 5.77. The van der Waals surface area contributed by atoms with Crippen LogP contribution in [0, 0.1) is 6.92 Å². The average Bonchev–Trinajstić information content (AvgIpc) is 3.16. The molecule has 0 fully saturated rings. The SMILES string of the molecule is COc1ccccc1OCC(=O)NCCc1coc(-c2ccc(C)cc2)n1. The van der Waals surface area contributed by atoms with E-state index < -0.39 is 0 Å². The maximum Gasteiger partial charge on any atom is 0.257 e. The van der Waals surface area contributed by atoms with Crippen molar-refractivity contribution < 1.29 is 18.7 Å². The van der Waals surface area contributed by atoms with Crippen molar-refractivity contribution in [2.45, 2.75) is 13.3 Å². The number of methoxy groups -OCH3 is 1. The fourth-order valence-corrected chi connectivity index (χ4v) is 2.51. The Balaban J connectivity index is 1.44. The third kappa shape index (κ3) is 5.10. The van der Waals surface area contributed by atoms with Gasteiger partial charge >= 0.3 is 0 Å². The molecular formula is C21H22N2O4. The third-order valence-electron chi connectivity index (χ3n) is 3.98. The normalized spacial score (nSPS) is 10.4. The predicted molar refractivity (Wildman–Crippen MR) is 102 cm³/mol. The number of aromatic nitrogens is 1. The van der Waals surface area contributed by atoms with Crippen LogP contribution < -0.4 is 14.8 Å². The molecule has 1 amide bonds. The number of nitrogens with zero attached hydrogens (tertiary/aromatic N) is 1. The molecule has 6 heteroatoms. The van der Waals surface area contributed by atoms with Gasteiger partial charge in [-0.1, -0.05) is 29.8 Å². The Morgan fingerprint density at radius 2 is 1.85 bits per heavy atom. The van der Waals surface area contributed by atoms with Crippen molar-refractivity contribution in [2.75, 3.05) is 20.3 Å². The highest BCUT2D eigenvalue weighted by Gasteiger charge is 2.09. The second-order valence-corrected chi connectivity index (χ2v) is 6.05.